The number of amides is 2. The molecule has 1 N–H and O–H groups in total. The summed E-state index contributed by atoms with van der Waals surface area (Å²) in [5, 5.41) is 16.4. The molecule has 14 heteroatoms. The van der Waals surface area contributed by atoms with Gasteiger partial charge in [-0.3, -0.25) is 33.9 Å². The number of aromatic nitrogens is 8. The van der Waals surface area contributed by atoms with Gasteiger partial charge in [0.05, 0.1) is 23.7 Å². The fraction of sp³-hybridized carbons (Fsp3) is 0.441. The van der Waals surface area contributed by atoms with Crippen LogP contribution in [0.4, 0.5) is 11.5 Å². The Kier molecular flexibility index (Phi) is 7.46. The highest BCUT2D eigenvalue weighted by atomic mass is 16.2. The van der Waals surface area contributed by atoms with Crippen molar-refractivity contribution in [3.05, 3.63) is 55.1 Å². The van der Waals surface area contributed by atoms with Crippen LogP contribution >= 0.6 is 0 Å². The van der Waals surface area contributed by atoms with E-state index < -0.39 is 5.41 Å². The molecule has 48 heavy (non-hydrogen) atoms. The van der Waals surface area contributed by atoms with Gasteiger partial charge in [-0.25, -0.2) is 9.97 Å². The molecule has 7 heterocycles. The number of likely N-dealkylation sites (tertiary alicyclic amines) is 1. The number of nitrogens with one attached hydrogen (secondary N) is 1. The van der Waals surface area contributed by atoms with Crippen LogP contribution in [0.1, 0.15) is 32.7 Å². The molecule has 1 aromatic carbocycles. The first-order chi connectivity index (χ1) is 23.3. The average molecular weight is 649 g/mol. The third kappa shape index (κ3) is 5.39. The molecule has 1 atom stereocenters. The Balaban J connectivity index is 0.874. The Morgan fingerprint density at radius 2 is 1.77 bits per heavy atom. The minimum Gasteiger partial charge on any atom is -0.368 e. The van der Waals surface area contributed by atoms with Gasteiger partial charge in [-0.2, -0.15) is 15.3 Å². The van der Waals surface area contributed by atoms with Gasteiger partial charge in [0.25, 0.3) is 0 Å². The molecule has 14 nitrogen and oxygen atoms in total. The van der Waals surface area contributed by atoms with Crippen molar-refractivity contribution in [1.82, 2.24) is 49.5 Å². The number of fused-ring (bicyclic) bond motifs is 1. The summed E-state index contributed by atoms with van der Waals surface area (Å²) < 4.78 is 3.59. The van der Waals surface area contributed by atoms with Crippen LogP contribution in [0.25, 0.3) is 33.7 Å². The van der Waals surface area contributed by atoms with E-state index in [0.29, 0.717) is 44.4 Å². The van der Waals surface area contributed by atoms with E-state index in [0.717, 1.165) is 66.0 Å². The molecule has 2 amide bonds. The number of pyridine rings is 1. The van der Waals surface area contributed by atoms with E-state index in [1.807, 2.05) is 52.0 Å². The molecule has 3 aliphatic rings. The molecule has 0 bridgehead atoms. The molecule has 1 spiro atoms. The van der Waals surface area contributed by atoms with Crippen molar-refractivity contribution in [2.24, 2.45) is 12.5 Å². The highest BCUT2D eigenvalue weighted by Crippen LogP contribution is 2.42. The zero-order chi connectivity index (χ0) is 33.0. The van der Waals surface area contributed by atoms with Crippen molar-refractivity contribution in [2.45, 2.75) is 32.7 Å². The summed E-state index contributed by atoms with van der Waals surface area (Å²) in [6.45, 7) is 9.35. The van der Waals surface area contributed by atoms with Gasteiger partial charge in [0.1, 0.15) is 23.4 Å². The summed E-state index contributed by atoms with van der Waals surface area (Å²) in [5.74, 6) is 1.58. The number of nitrogens with zero attached hydrogens (tertiary/aromatic N) is 11. The van der Waals surface area contributed by atoms with Crippen molar-refractivity contribution in [3.63, 3.8) is 0 Å². The molecule has 0 saturated carbocycles. The van der Waals surface area contributed by atoms with Crippen LogP contribution < -0.4 is 9.80 Å². The Morgan fingerprint density at radius 1 is 0.979 bits per heavy atom. The topological polar surface area (TPSA) is 137 Å². The fourth-order valence-corrected chi connectivity index (χ4v) is 7.29. The summed E-state index contributed by atoms with van der Waals surface area (Å²) in [6.07, 6.45) is 6.98. The molecule has 248 valence electrons. The molecule has 3 saturated heterocycles. The first-order valence-electron chi connectivity index (χ1n) is 16.7. The largest absolute Gasteiger partial charge is 0.368 e. The van der Waals surface area contributed by atoms with Gasteiger partial charge in [-0.15, -0.1) is 0 Å². The number of carbonyl (C=O) groups excluding carboxylic acids is 2. The van der Waals surface area contributed by atoms with E-state index >= 15 is 0 Å². The number of H-pyrrole nitrogens is 1. The number of hydrogen-bond acceptors (Lipinski definition) is 9. The predicted molar refractivity (Wildman–Crippen MR) is 181 cm³/mol. The van der Waals surface area contributed by atoms with Gasteiger partial charge in [0, 0.05) is 75.4 Å². The van der Waals surface area contributed by atoms with Crippen LogP contribution in [0.2, 0.25) is 0 Å². The van der Waals surface area contributed by atoms with Gasteiger partial charge in [-0.1, -0.05) is 0 Å². The molecule has 3 aliphatic heterocycles. The summed E-state index contributed by atoms with van der Waals surface area (Å²) >= 11 is 0. The lowest BCUT2D eigenvalue weighted by Crippen LogP contribution is -2.51. The second-order valence-electron chi connectivity index (χ2n) is 13.5. The first kappa shape index (κ1) is 30.2. The van der Waals surface area contributed by atoms with Crippen LogP contribution in [0.15, 0.2) is 55.1 Å². The third-order valence-corrected chi connectivity index (χ3v) is 10.1. The maximum Gasteiger partial charge on any atom is 0.236 e. The van der Waals surface area contributed by atoms with Crippen molar-refractivity contribution >= 4 is 34.4 Å². The molecule has 5 aromatic rings. The quantitative estimate of drug-likeness (QED) is 0.282. The van der Waals surface area contributed by atoms with Crippen LogP contribution in [0.5, 0.6) is 0 Å². The second-order valence-corrected chi connectivity index (χ2v) is 13.5. The number of aromatic amines is 1. The Labute approximate surface area is 278 Å². The fourth-order valence-electron chi connectivity index (χ4n) is 7.29. The van der Waals surface area contributed by atoms with Crippen LogP contribution in [-0.4, -0.2) is 114 Å². The third-order valence-electron chi connectivity index (χ3n) is 10.1. The number of carbonyl (C=O) groups is 2. The molecule has 0 radical (unpaired) electrons. The SMILES string of the molecule is CC(C)n1cc(-c2n[nH]c3ccc(N4CC[C@]5(CCN(CC(=O)N6CCN(c7ccc(-c8ncn(C)n8)cc7)CC6)C5)C4=O)nc23)cn1. The normalized spacial score (nSPS) is 20.3. The minimum atomic E-state index is -0.482. The molecule has 4 aromatic heterocycles. The Bertz CT molecular complexity index is 1970. The molecule has 0 aliphatic carbocycles. The second kappa shape index (κ2) is 11.8. The van der Waals surface area contributed by atoms with E-state index in [1.165, 1.54) is 0 Å². The van der Waals surface area contributed by atoms with Crippen LogP contribution in [-0.2, 0) is 16.6 Å². The summed E-state index contributed by atoms with van der Waals surface area (Å²) in [6, 6.07) is 12.3. The lowest BCUT2D eigenvalue weighted by molar-refractivity contribution is -0.133. The average Bonchev–Trinajstić information content (AvgIpc) is 3.94. The number of anilines is 2. The van der Waals surface area contributed by atoms with Crippen molar-refractivity contribution < 1.29 is 9.59 Å². The predicted octanol–water partition coefficient (Wildman–Crippen LogP) is 2.98. The van der Waals surface area contributed by atoms with Gasteiger partial charge in [0.2, 0.25) is 11.8 Å². The smallest absolute Gasteiger partial charge is 0.236 e. The van der Waals surface area contributed by atoms with Crippen molar-refractivity contribution in [3.8, 4) is 22.6 Å². The number of rotatable bonds is 7. The Hall–Kier alpha value is -5.11. The minimum absolute atomic E-state index is 0.0976. The summed E-state index contributed by atoms with van der Waals surface area (Å²) in [7, 11) is 1.86. The van der Waals surface area contributed by atoms with E-state index in [1.54, 1.807) is 17.2 Å². The number of hydrogen-bond donors (Lipinski definition) is 1. The van der Waals surface area contributed by atoms with Gasteiger partial charge >= 0.3 is 0 Å². The van der Waals surface area contributed by atoms with Gasteiger partial charge in [0.15, 0.2) is 5.82 Å². The van der Waals surface area contributed by atoms with Crippen LogP contribution in [0, 0.1) is 5.41 Å². The molecule has 8 rings (SSSR count). The number of aryl methyl sites for hydroxylation is 1. The first-order valence-corrected chi connectivity index (χ1v) is 16.7. The van der Waals surface area contributed by atoms with E-state index in [4.69, 9.17) is 4.98 Å². The highest BCUT2D eigenvalue weighted by molar-refractivity contribution is 6.01. The highest BCUT2D eigenvalue weighted by Gasteiger charge is 2.51. The van der Waals surface area contributed by atoms with Crippen molar-refractivity contribution in [1.29, 1.82) is 0 Å². The summed E-state index contributed by atoms with van der Waals surface area (Å²) in [4.78, 5) is 44.8. The standard InChI is InChI=1S/C34H40N12O2/c1-23(2)46-19-25(18-36-46)30-31-27(38-39-30)8-9-28(37-31)45-13-11-34(33(45)48)10-12-42(21-34)20-29(47)44-16-14-43(15-17-44)26-6-4-24(5-7-26)32-35-22-41(3)40-32/h4-9,18-19,22-23H,10-17,20-21H2,1-3H3,(H,38,39)/t34-/m0/s1. The Morgan fingerprint density at radius 3 is 2.50 bits per heavy atom. The van der Waals surface area contributed by atoms with E-state index in [2.05, 4.69) is 61.2 Å². The monoisotopic (exact) mass is 648 g/mol. The van der Waals surface area contributed by atoms with E-state index in [9.17, 15) is 9.59 Å². The van der Waals surface area contributed by atoms with E-state index in [-0.39, 0.29) is 17.9 Å². The number of piperazine rings is 1. The summed E-state index contributed by atoms with van der Waals surface area (Å²) in [5.41, 5.74) is 4.78. The zero-order valence-electron chi connectivity index (χ0n) is 27.6. The lowest BCUT2D eigenvalue weighted by Gasteiger charge is -2.37. The lowest BCUT2D eigenvalue weighted by atomic mass is 9.85. The molecular weight excluding hydrogens is 608 g/mol. The maximum atomic E-state index is 14.0. The van der Waals surface area contributed by atoms with Crippen LogP contribution in [0.3, 0.4) is 0 Å². The molecule has 3 fully saturated rings. The van der Waals surface area contributed by atoms with Gasteiger partial charge < -0.3 is 9.80 Å². The molecular formula is C34H40N12O2. The zero-order valence-corrected chi connectivity index (χ0v) is 27.6. The number of benzene rings is 1. The van der Waals surface area contributed by atoms with Crippen molar-refractivity contribution in [2.75, 3.05) is 62.2 Å². The molecule has 0 unspecified atom stereocenters. The maximum absolute atomic E-state index is 14.0. The van der Waals surface area contributed by atoms with Gasteiger partial charge in [-0.05, 0) is 69.6 Å².